The molecule has 1 aromatic rings. The highest BCUT2D eigenvalue weighted by Gasteiger charge is 2.16. The van der Waals surface area contributed by atoms with Gasteiger partial charge in [-0.05, 0) is 36.6 Å². The van der Waals surface area contributed by atoms with Gasteiger partial charge in [0, 0.05) is 6.61 Å². The van der Waals surface area contributed by atoms with E-state index in [-0.39, 0.29) is 6.04 Å². The molecule has 3 nitrogen and oxygen atoms in total. The van der Waals surface area contributed by atoms with Crippen LogP contribution in [0.4, 0.5) is 0 Å². The maximum Gasteiger partial charge on any atom is 0.0725 e. The van der Waals surface area contributed by atoms with E-state index >= 15 is 0 Å². The van der Waals surface area contributed by atoms with Gasteiger partial charge in [0.25, 0.3) is 0 Å². The van der Waals surface area contributed by atoms with Crippen LogP contribution >= 0.6 is 0 Å². The van der Waals surface area contributed by atoms with E-state index in [1.807, 2.05) is 6.92 Å². The summed E-state index contributed by atoms with van der Waals surface area (Å²) in [6.07, 6.45) is 1.14. The van der Waals surface area contributed by atoms with E-state index in [1.54, 1.807) is 0 Å². The predicted octanol–water partition coefficient (Wildman–Crippen LogP) is 2.79. The first-order valence-corrected chi connectivity index (χ1v) is 6.85. The molecule has 1 N–H and O–H groups in total. The molecule has 3 heteroatoms. The van der Waals surface area contributed by atoms with E-state index in [9.17, 15) is 0 Å². The molecule has 1 aliphatic rings. The van der Waals surface area contributed by atoms with Crippen molar-refractivity contribution in [2.45, 2.75) is 39.5 Å². The van der Waals surface area contributed by atoms with Crippen LogP contribution in [-0.2, 0) is 22.7 Å². The Morgan fingerprint density at radius 2 is 2.11 bits per heavy atom. The molecular weight excluding hydrogens is 226 g/mol. The number of fused-ring (bicyclic) bond motifs is 1. The number of rotatable bonds is 7. The SMILES string of the molecule is CCCNC(COCC)c1ccc2c(c1)COC2. The minimum Gasteiger partial charge on any atom is -0.380 e. The summed E-state index contributed by atoms with van der Waals surface area (Å²) in [5.74, 6) is 0. The first-order valence-electron chi connectivity index (χ1n) is 6.85. The first kappa shape index (κ1) is 13.5. The minimum absolute atomic E-state index is 0.288. The number of hydrogen-bond acceptors (Lipinski definition) is 3. The Bertz CT molecular complexity index is 371. The van der Waals surface area contributed by atoms with Crippen molar-refractivity contribution in [3.63, 3.8) is 0 Å². The summed E-state index contributed by atoms with van der Waals surface area (Å²) in [5, 5.41) is 3.55. The molecule has 0 amide bonds. The van der Waals surface area contributed by atoms with E-state index in [0.717, 1.165) is 39.4 Å². The Balaban J connectivity index is 2.08. The van der Waals surface area contributed by atoms with Gasteiger partial charge in [0.15, 0.2) is 0 Å². The first-order chi connectivity index (χ1) is 8.85. The van der Waals surface area contributed by atoms with Gasteiger partial charge in [-0.2, -0.15) is 0 Å². The van der Waals surface area contributed by atoms with Crippen LogP contribution in [0, 0.1) is 0 Å². The van der Waals surface area contributed by atoms with Crippen LogP contribution in [0.3, 0.4) is 0 Å². The largest absolute Gasteiger partial charge is 0.380 e. The highest BCUT2D eigenvalue weighted by molar-refractivity contribution is 5.34. The van der Waals surface area contributed by atoms with Crippen LogP contribution in [-0.4, -0.2) is 19.8 Å². The van der Waals surface area contributed by atoms with Crippen molar-refractivity contribution < 1.29 is 9.47 Å². The van der Waals surface area contributed by atoms with Crippen molar-refractivity contribution in [2.75, 3.05) is 19.8 Å². The Labute approximate surface area is 109 Å². The van der Waals surface area contributed by atoms with E-state index in [1.165, 1.54) is 16.7 Å². The smallest absolute Gasteiger partial charge is 0.0725 e. The van der Waals surface area contributed by atoms with Crippen molar-refractivity contribution >= 4 is 0 Å². The molecule has 0 aromatic heterocycles. The Hall–Kier alpha value is -0.900. The van der Waals surface area contributed by atoms with E-state index in [2.05, 4.69) is 30.4 Å². The molecule has 1 aliphatic heterocycles. The van der Waals surface area contributed by atoms with Crippen molar-refractivity contribution in [3.8, 4) is 0 Å². The van der Waals surface area contributed by atoms with Gasteiger partial charge in [-0.25, -0.2) is 0 Å². The zero-order valence-electron chi connectivity index (χ0n) is 11.4. The third-order valence-electron chi connectivity index (χ3n) is 3.28. The third-order valence-corrected chi connectivity index (χ3v) is 3.28. The molecule has 1 aromatic carbocycles. The van der Waals surface area contributed by atoms with Crippen LogP contribution in [0.5, 0.6) is 0 Å². The molecule has 1 heterocycles. The monoisotopic (exact) mass is 249 g/mol. The van der Waals surface area contributed by atoms with Crippen molar-refractivity contribution in [2.24, 2.45) is 0 Å². The molecule has 0 spiro atoms. The summed E-state index contributed by atoms with van der Waals surface area (Å²) in [7, 11) is 0. The van der Waals surface area contributed by atoms with Gasteiger partial charge in [0.05, 0.1) is 25.9 Å². The molecule has 18 heavy (non-hydrogen) atoms. The molecule has 1 unspecified atom stereocenters. The third kappa shape index (κ3) is 3.31. The fourth-order valence-corrected chi connectivity index (χ4v) is 2.24. The maximum absolute atomic E-state index is 5.57. The predicted molar refractivity (Wildman–Crippen MR) is 72.5 cm³/mol. The van der Waals surface area contributed by atoms with Gasteiger partial charge in [0.1, 0.15) is 0 Å². The quantitative estimate of drug-likeness (QED) is 0.806. The average Bonchev–Trinajstić information content (AvgIpc) is 2.86. The Morgan fingerprint density at radius 1 is 1.28 bits per heavy atom. The molecule has 1 atom stereocenters. The lowest BCUT2D eigenvalue weighted by Crippen LogP contribution is -2.26. The molecule has 100 valence electrons. The lowest BCUT2D eigenvalue weighted by atomic mass is 10.0. The van der Waals surface area contributed by atoms with Crippen LogP contribution in [0.15, 0.2) is 18.2 Å². The Morgan fingerprint density at radius 3 is 2.89 bits per heavy atom. The second-order valence-electron chi connectivity index (χ2n) is 4.69. The van der Waals surface area contributed by atoms with E-state index < -0.39 is 0 Å². The molecule has 2 rings (SSSR count). The van der Waals surface area contributed by atoms with E-state index in [0.29, 0.717) is 0 Å². The fourth-order valence-electron chi connectivity index (χ4n) is 2.24. The normalized spacial score (nSPS) is 15.7. The van der Waals surface area contributed by atoms with Gasteiger partial charge in [0.2, 0.25) is 0 Å². The zero-order valence-corrected chi connectivity index (χ0v) is 11.4. The Kier molecular flexibility index (Phi) is 5.17. The lowest BCUT2D eigenvalue weighted by Gasteiger charge is -2.19. The molecule has 0 fully saturated rings. The summed E-state index contributed by atoms with van der Waals surface area (Å²) in [4.78, 5) is 0. The standard InChI is InChI=1S/C15H23NO2/c1-3-7-16-15(11-17-4-2)12-5-6-13-9-18-10-14(13)8-12/h5-6,8,15-16H,3-4,7,9-11H2,1-2H3. The fraction of sp³-hybridized carbons (Fsp3) is 0.600. The van der Waals surface area contributed by atoms with Gasteiger partial charge in [-0.1, -0.05) is 25.1 Å². The number of hydrogen-bond donors (Lipinski definition) is 1. The summed E-state index contributed by atoms with van der Waals surface area (Å²) in [6.45, 7) is 8.24. The maximum atomic E-state index is 5.57. The molecule has 0 aliphatic carbocycles. The lowest BCUT2D eigenvalue weighted by molar-refractivity contribution is 0.123. The van der Waals surface area contributed by atoms with Gasteiger partial charge < -0.3 is 14.8 Å². The second kappa shape index (κ2) is 6.88. The van der Waals surface area contributed by atoms with E-state index in [4.69, 9.17) is 9.47 Å². The molecule has 0 saturated heterocycles. The topological polar surface area (TPSA) is 30.5 Å². The highest BCUT2D eigenvalue weighted by atomic mass is 16.5. The van der Waals surface area contributed by atoms with Crippen LogP contribution in [0.25, 0.3) is 0 Å². The van der Waals surface area contributed by atoms with Crippen molar-refractivity contribution in [3.05, 3.63) is 34.9 Å². The number of nitrogens with one attached hydrogen (secondary N) is 1. The second-order valence-corrected chi connectivity index (χ2v) is 4.69. The van der Waals surface area contributed by atoms with Crippen LogP contribution < -0.4 is 5.32 Å². The zero-order chi connectivity index (χ0) is 12.8. The molecular formula is C15H23NO2. The average molecular weight is 249 g/mol. The van der Waals surface area contributed by atoms with Crippen LogP contribution in [0.1, 0.15) is 43.0 Å². The molecule has 0 bridgehead atoms. The minimum atomic E-state index is 0.288. The highest BCUT2D eigenvalue weighted by Crippen LogP contribution is 2.24. The molecule has 0 saturated carbocycles. The molecule has 0 radical (unpaired) electrons. The van der Waals surface area contributed by atoms with Crippen molar-refractivity contribution in [1.82, 2.24) is 5.32 Å². The summed E-state index contributed by atoms with van der Waals surface area (Å²) >= 11 is 0. The van der Waals surface area contributed by atoms with Gasteiger partial charge >= 0.3 is 0 Å². The number of ether oxygens (including phenoxy) is 2. The summed E-state index contributed by atoms with van der Waals surface area (Å²) < 4.78 is 11.0. The van der Waals surface area contributed by atoms with Crippen LogP contribution in [0.2, 0.25) is 0 Å². The summed E-state index contributed by atoms with van der Waals surface area (Å²) in [5.41, 5.74) is 3.96. The van der Waals surface area contributed by atoms with Crippen molar-refractivity contribution in [1.29, 1.82) is 0 Å². The summed E-state index contributed by atoms with van der Waals surface area (Å²) in [6, 6.07) is 6.93. The van der Waals surface area contributed by atoms with Gasteiger partial charge in [-0.3, -0.25) is 0 Å². The number of benzene rings is 1. The van der Waals surface area contributed by atoms with Gasteiger partial charge in [-0.15, -0.1) is 0 Å².